The molecule has 1 aliphatic rings. The molecule has 0 radical (unpaired) electrons. The lowest BCUT2D eigenvalue weighted by Crippen LogP contribution is -2.50. The lowest BCUT2D eigenvalue weighted by Gasteiger charge is -2.41. The Hall–Kier alpha value is -0.390. The molecule has 1 atom stereocenters. The minimum Gasteiger partial charge on any atom is -0.481 e. The van der Waals surface area contributed by atoms with Gasteiger partial charge in [-0.1, -0.05) is 6.92 Å². The van der Waals surface area contributed by atoms with Crippen LogP contribution in [0.2, 0.25) is 0 Å². The van der Waals surface area contributed by atoms with E-state index in [0.29, 0.717) is 5.92 Å². The van der Waals surface area contributed by atoms with Gasteiger partial charge in [0, 0.05) is 34.4 Å². The predicted molar refractivity (Wildman–Crippen MR) is 67.6 cm³/mol. The zero-order valence-corrected chi connectivity index (χ0v) is 11.4. The summed E-state index contributed by atoms with van der Waals surface area (Å²) < 4.78 is 1.13. The van der Waals surface area contributed by atoms with Gasteiger partial charge in [-0.2, -0.15) is 0 Å². The highest BCUT2D eigenvalue weighted by Gasteiger charge is 2.34. The van der Waals surface area contributed by atoms with Crippen LogP contribution < -0.4 is 0 Å². The number of rotatable bonds is 4. The summed E-state index contributed by atoms with van der Waals surface area (Å²) in [6.07, 6.45) is 0. The van der Waals surface area contributed by atoms with E-state index in [2.05, 4.69) is 32.3 Å². The summed E-state index contributed by atoms with van der Waals surface area (Å²) in [6, 6.07) is 2.12. The van der Waals surface area contributed by atoms with Gasteiger partial charge < -0.3 is 5.11 Å². The van der Waals surface area contributed by atoms with E-state index < -0.39 is 5.97 Å². The number of halogens is 1. The van der Waals surface area contributed by atoms with Gasteiger partial charge in [-0.25, -0.2) is 0 Å². The Morgan fingerprint density at radius 1 is 1.75 bits per heavy atom. The summed E-state index contributed by atoms with van der Waals surface area (Å²) in [5.74, 6) is -0.573. The van der Waals surface area contributed by atoms with E-state index in [4.69, 9.17) is 5.11 Å². The molecule has 2 rings (SSSR count). The van der Waals surface area contributed by atoms with Gasteiger partial charge in [-0.05, 0) is 27.9 Å². The van der Waals surface area contributed by atoms with E-state index in [1.54, 1.807) is 18.3 Å². The number of nitrogens with zero attached hydrogens (tertiary/aromatic N) is 1. The summed E-state index contributed by atoms with van der Waals surface area (Å²) in [4.78, 5) is 14.4. The molecule has 5 heteroatoms. The van der Waals surface area contributed by atoms with Crippen molar-refractivity contribution in [2.45, 2.75) is 13.5 Å². The number of carboxylic acids is 1. The molecule has 1 aliphatic heterocycles. The Morgan fingerprint density at radius 3 is 2.94 bits per heavy atom. The number of thiophene rings is 1. The van der Waals surface area contributed by atoms with E-state index in [0.717, 1.165) is 24.1 Å². The van der Waals surface area contributed by atoms with Gasteiger partial charge in [0.15, 0.2) is 0 Å². The Bertz CT molecular complexity index is 387. The van der Waals surface area contributed by atoms with Gasteiger partial charge in [-0.15, -0.1) is 11.3 Å². The van der Waals surface area contributed by atoms with Gasteiger partial charge in [-0.3, -0.25) is 9.69 Å². The number of hydrogen-bond acceptors (Lipinski definition) is 3. The first kappa shape index (κ1) is 12.1. The van der Waals surface area contributed by atoms with Gasteiger partial charge >= 0.3 is 5.97 Å². The smallest absolute Gasteiger partial charge is 0.306 e. The van der Waals surface area contributed by atoms with Crippen molar-refractivity contribution in [1.82, 2.24) is 4.90 Å². The number of hydrogen-bond donors (Lipinski definition) is 1. The standard InChI is InChI=1S/C11H14BrNO2S/c1-7(11(14)15)8-3-13(4-8)5-10-2-9(12)6-16-10/h2,6-8H,3-5H2,1H3,(H,14,15). The summed E-state index contributed by atoms with van der Waals surface area (Å²) in [6.45, 7) is 4.55. The maximum atomic E-state index is 10.8. The number of carboxylic acid groups (broad SMARTS) is 1. The molecule has 16 heavy (non-hydrogen) atoms. The Labute approximate surface area is 107 Å². The van der Waals surface area contributed by atoms with Crippen molar-refractivity contribution in [3.05, 3.63) is 20.8 Å². The van der Waals surface area contributed by atoms with Crippen LogP contribution in [0.25, 0.3) is 0 Å². The predicted octanol–water partition coefficient (Wildman–Crippen LogP) is 2.66. The van der Waals surface area contributed by atoms with Gasteiger partial charge in [0.1, 0.15) is 0 Å². The fourth-order valence-electron chi connectivity index (χ4n) is 1.91. The van der Waals surface area contributed by atoms with Gasteiger partial charge in [0.25, 0.3) is 0 Å². The van der Waals surface area contributed by atoms with E-state index in [-0.39, 0.29) is 5.92 Å². The molecule has 1 saturated heterocycles. The highest BCUT2D eigenvalue weighted by atomic mass is 79.9. The molecule has 88 valence electrons. The molecule has 2 heterocycles. The van der Waals surface area contributed by atoms with Gasteiger partial charge in [0.2, 0.25) is 0 Å². The van der Waals surface area contributed by atoms with Crippen molar-refractivity contribution in [3.63, 3.8) is 0 Å². The molecule has 0 aromatic carbocycles. The van der Waals surface area contributed by atoms with Crippen LogP contribution in [0.1, 0.15) is 11.8 Å². The van der Waals surface area contributed by atoms with Crippen LogP contribution in [0.15, 0.2) is 15.9 Å². The van der Waals surface area contributed by atoms with Crippen molar-refractivity contribution >= 4 is 33.2 Å². The first-order valence-electron chi connectivity index (χ1n) is 5.24. The summed E-state index contributed by atoms with van der Waals surface area (Å²) in [5.41, 5.74) is 0. The average molecular weight is 304 g/mol. The van der Waals surface area contributed by atoms with Crippen LogP contribution in [-0.2, 0) is 11.3 Å². The van der Waals surface area contributed by atoms with Crippen molar-refractivity contribution in [2.75, 3.05) is 13.1 Å². The minimum atomic E-state index is -0.677. The summed E-state index contributed by atoms with van der Waals surface area (Å²) >= 11 is 5.17. The third-order valence-electron chi connectivity index (χ3n) is 3.08. The summed E-state index contributed by atoms with van der Waals surface area (Å²) in [5, 5.41) is 10.9. The molecule has 1 fully saturated rings. The zero-order valence-electron chi connectivity index (χ0n) is 9.02. The van der Waals surface area contributed by atoms with Crippen LogP contribution in [0, 0.1) is 11.8 Å². The average Bonchev–Trinajstić information content (AvgIpc) is 2.56. The SMILES string of the molecule is CC(C(=O)O)C1CN(Cc2cc(Br)cs2)C1. The second-order valence-electron chi connectivity index (χ2n) is 4.31. The quantitative estimate of drug-likeness (QED) is 0.929. The highest BCUT2D eigenvalue weighted by Crippen LogP contribution is 2.28. The largest absolute Gasteiger partial charge is 0.481 e. The van der Waals surface area contributed by atoms with Crippen molar-refractivity contribution < 1.29 is 9.90 Å². The lowest BCUT2D eigenvalue weighted by molar-refractivity contribution is -0.145. The number of likely N-dealkylation sites (tertiary alicyclic amines) is 1. The first-order valence-corrected chi connectivity index (χ1v) is 6.91. The fraction of sp³-hybridized carbons (Fsp3) is 0.545. The molecule has 0 amide bonds. The van der Waals surface area contributed by atoms with Crippen molar-refractivity contribution in [1.29, 1.82) is 0 Å². The topological polar surface area (TPSA) is 40.5 Å². The summed E-state index contributed by atoms with van der Waals surface area (Å²) in [7, 11) is 0. The third kappa shape index (κ3) is 2.64. The van der Waals surface area contributed by atoms with Crippen LogP contribution in [0.3, 0.4) is 0 Å². The van der Waals surface area contributed by atoms with Crippen molar-refractivity contribution in [3.8, 4) is 0 Å². The van der Waals surface area contributed by atoms with Crippen LogP contribution in [0.4, 0.5) is 0 Å². The molecule has 1 aromatic heterocycles. The highest BCUT2D eigenvalue weighted by molar-refractivity contribution is 9.10. The molecule has 0 aliphatic carbocycles. The second kappa shape index (κ2) is 4.85. The zero-order chi connectivity index (χ0) is 11.7. The van der Waals surface area contributed by atoms with Crippen LogP contribution in [-0.4, -0.2) is 29.1 Å². The Morgan fingerprint density at radius 2 is 2.44 bits per heavy atom. The van der Waals surface area contributed by atoms with E-state index in [1.807, 2.05) is 0 Å². The fourth-order valence-corrected chi connectivity index (χ4v) is 3.41. The molecule has 1 unspecified atom stereocenters. The second-order valence-corrected chi connectivity index (χ2v) is 6.22. The maximum Gasteiger partial charge on any atom is 0.306 e. The molecule has 1 aromatic rings. The van der Waals surface area contributed by atoms with E-state index in [9.17, 15) is 4.79 Å². The van der Waals surface area contributed by atoms with Crippen LogP contribution in [0.5, 0.6) is 0 Å². The van der Waals surface area contributed by atoms with Crippen molar-refractivity contribution in [2.24, 2.45) is 11.8 Å². The molecule has 3 nitrogen and oxygen atoms in total. The third-order valence-corrected chi connectivity index (χ3v) is 4.77. The molecule has 0 saturated carbocycles. The van der Waals surface area contributed by atoms with Gasteiger partial charge in [0.05, 0.1) is 5.92 Å². The maximum absolute atomic E-state index is 10.8. The monoisotopic (exact) mass is 303 g/mol. The Kier molecular flexibility index (Phi) is 3.66. The molecular formula is C11H14BrNO2S. The Balaban J connectivity index is 1.79. The number of carbonyl (C=O) groups is 1. The molecule has 0 bridgehead atoms. The lowest BCUT2D eigenvalue weighted by atomic mass is 9.87. The van der Waals surface area contributed by atoms with Crippen LogP contribution >= 0.6 is 27.3 Å². The molecular weight excluding hydrogens is 290 g/mol. The normalized spacial score (nSPS) is 19.4. The molecule has 0 spiro atoms. The van der Waals surface area contributed by atoms with E-state index in [1.165, 1.54) is 4.88 Å². The molecule has 1 N–H and O–H groups in total. The van der Waals surface area contributed by atoms with E-state index >= 15 is 0 Å². The minimum absolute atomic E-state index is 0.216. The number of aliphatic carboxylic acids is 1. The first-order chi connectivity index (χ1) is 7.56.